The van der Waals surface area contributed by atoms with Crippen LogP contribution >= 0.6 is 23.2 Å². The number of esters is 1. The Morgan fingerprint density at radius 3 is 2.62 bits per heavy atom. The van der Waals surface area contributed by atoms with E-state index in [4.69, 9.17) is 32.7 Å². The van der Waals surface area contributed by atoms with Crippen molar-refractivity contribution in [1.82, 2.24) is 5.32 Å². The van der Waals surface area contributed by atoms with Crippen LogP contribution in [0, 0.1) is 5.82 Å². The van der Waals surface area contributed by atoms with Gasteiger partial charge in [-0.25, -0.2) is 9.18 Å². The first-order chi connectivity index (χ1) is 12.4. The molecule has 0 saturated carbocycles. The molecule has 0 bridgehead atoms. The van der Waals surface area contributed by atoms with Crippen molar-refractivity contribution in [3.05, 3.63) is 63.9 Å². The summed E-state index contributed by atoms with van der Waals surface area (Å²) in [6.45, 7) is 0.954. The van der Waals surface area contributed by atoms with Gasteiger partial charge in [0.2, 0.25) is 0 Å². The lowest BCUT2D eigenvalue weighted by Crippen LogP contribution is -2.32. The maximum absolute atomic E-state index is 13.5. The summed E-state index contributed by atoms with van der Waals surface area (Å²) in [5.41, 5.74) is 0.334. The summed E-state index contributed by atoms with van der Waals surface area (Å²) in [7, 11) is 0. The standard InChI is InChI=1S/C18H16Cl2FNO4/c1-11(26-16-7-6-13(19)8-14(16)20)18(24)25-10-17(23)22-9-12-4-2-3-5-15(12)21/h2-8,11H,9-10H2,1H3,(H,22,23)/t11-/m1/s1. The fourth-order valence-corrected chi connectivity index (χ4v) is 2.40. The van der Waals surface area contributed by atoms with Gasteiger partial charge in [0.1, 0.15) is 11.6 Å². The molecule has 8 heteroatoms. The molecule has 2 aromatic rings. The van der Waals surface area contributed by atoms with Gasteiger partial charge in [0, 0.05) is 17.1 Å². The van der Waals surface area contributed by atoms with Crippen molar-refractivity contribution in [3.63, 3.8) is 0 Å². The number of carbonyl (C=O) groups is 2. The molecule has 0 saturated heterocycles. The van der Waals surface area contributed by atoms with Gasteiger partial charge in [0.25, 0.3) is 5.91 Å². The number of ether oxygens (including phenoxy) is 2. The number of nitrogens with one attached hydrogen (secondary N) is 1. The van der Waals surface area contributed by atoms with Crippen molar-refractivity contribution in [2.45, 2.75) is 19.6 Å². The monoisotopic (exact) mass is 399 g/mol. The molecule has 5 nitrogen and oxygen atoms in total. The average Bonchev–Trinajstić information content (AvgIpc) is 2.61. The van der Waals surface area contributed by atoms with E-state index in [9.17, 15) is 14.0 Å². The van der Waals surface area contributed by atoms with Crippen molar-refractivity contribution >= 4 is 35.1 Å². The van der Waals surface area contributed by atoms with Crippen LogP contribution in [0.5, 0.6) is 5.75 Å². The van der Waals surface area contributed by atoms with Crippen molar-refractivity contribution in [1.29, 1.82) is 0 Å². The quantitative estimate of drug-likeness (QED) is 0.719. The molecular formula is C18H16Cl2FNO4. The minimum absolute atomic E-state index is 0.00447. The molecule has 2 rings (SSSR count). The van der Waals surface area contributed by atoms with Gasteiger partial charge in [0.05, 0.1) is 5.02 Å². The van der Waals surface area contributed by atoms with Gasteiger partial charge in [-0.3, -0.25) is 4.79 Å². The van der Waals surface area contributed by atoms with Crippen molar-refractivity contribution in [3.8, 4) is 5.75 Å². The highest BCUT2D eigenvalue weighted by Crippen LogP contribution is 2.28. The van der Waals surface area contributed by atoms with E-state index in [0.29, 0.717) is 10.6 Å². The summed E-state index contributed by atoms with van der Waals surface area (Å²) in [5, 5.41) is 3.15. The largest absolute Gasteiger partial charge is 0.477 e. The van der Waals surface area contributed by atoms with Crippen LogP contribution in [0.1, 0.15) is 12.5 Å². The molecule has 0 aliphatic rings. The summed E-state index contributed by atoms with van der Waals surface area (Å²) in [5.74, 6) is -1.45. The van der Waals surface area contributed by atoms with Crippen LogP contribution < -0.4 is 10.1 Å². The molecule has 2 aromatic carbocycles. The number of benzene rings is 2. The van der Waals surface area contributed by atoms with Gasteiger partial charge in [-0.1, -0.05) is 41.4 Å². The van der Waals surface area contributed by atoms with E-state index in [-0.39, 0.29) is 17.3 Å². The lowest BCUT2D eigenvalue weighted by molar-refractivity contribution is -0.154. The van der Waals surface area contributed by atoms with Crippen LogP contribution in [0.15, 0.2) is 42.5 Å². The lowest BCUT2D eigenvalue weighted by Gasteiger charge is -2.15. The van der Waals surface area contributed by atoms with E-state index in [2.05, 4.69) is 5.32 Å². The molecule has 0 aromatic heterocycles. The van der Waals surface area contributed by atoms with Gasteiger partial charge in [-0.2, -0.15) is 0 Å². The first-order valence-corrected chi connectivity index (χ1v) is 8.41. The highest BCUT2D eigenvalue weighted by molar-refractivity contribution is 6.35. The van der Waals surface area contributed by atoms with Crippen LogP contribution in [-0.2, 0) is 20.9 Å². The molecule has 0 radical (unpaired) electrons. The van der Waals surface area contributed by atoms with E-state index in [1.54, 1.807) is 24.3 Å². The predicted molar refractivity (Wildman–Crippen MR) is 95.8 cm³/mol. The van der Waals surface area contributed by atoms with E-state index in [0.717, 1.165) is 0 Å². The smallest absolute Gasteiger partial charge is 0.347 e. The van der Waals surface area contributed by atoms with Crippen LogP contribution in [0.25, 0.3) is 0 Å². The number of halogens is 3. The normalized spacial score (nSPS) is 11.5. The Bertz CT molecular complexity index is 801. The second-order valence-electron chi connectivity index (χ2n) is 5.31. The topological polar surface area (TPSA) is 64.6 Å². The molecule has 138 valence electrons. The zero-order valence-electron chi connectivity index (χ0n) is 13.8. The first kappa shape index (κ1) is 20.0. The van der Waals surface area contributed by atoms with Gasteiger partial charge in [-0.05, 0) is 31.2 Å². The van der Waals surface area contributed by atoms with Crippen LogP contribution in [0.3, 0.4) is 0 Å². The first-order valence-electron chi connectivity index (χ1n) is 7.65. The van der Waals surface area contributed by atoms with E-state index in [1.165, 1.54) is 25.1 Å². The molecule has 1 N–H and O–H groups in total. The van der Waals surface area contributed by atoms with Gasteiger partial charge >= 0.3 is 5.97 Å². The summed E-state index contributed by atoms with van der Waals surface area (Å²) < 4.78 is 23.7. The Morgan fingerprint density at radius 2 is 1.92 bits per heavy atom. The molecular weight excluding hydrogens is 384 g/mol. The molecule has 0 unspecified atom stereocenters. The second kappa shape index (κ2) is 9.40. The zero-order chi connectivity index (χ0) is 19.1. The van der Waals surface area contributed by atoms with Crippen molar-refractivity contribution in [2.24, 2.45) is 0 Å². The Hall–Kier alpha value is -2.31. The van der Waals surface area contributed by atoms with Crippen molar-refractivity contribution in [2.75, 3.05) is 6.61 Å². The number of hydrogen-bond acceptors (Lipinski definition) is 4. The average molecular weight is 400 g/mol. The molecule has 0 spiro atoms. The maximum Gasteiger partial charge on any atom is 0.347 e. The summed E-state index contributed by atoms with van der Waals surface area (Å²) in [6.07, 6.45) is -0.979. The van der Waals surface area contributed by atoms with Gasteiger partial charge in [-0.15, -0.1) is 0 Å². The number of hydrogen-bond donors (Lipinski definition) is 1. The minimum Gasteiger partial charge on any atom is -0.477 e. The zero-order valence-corrected chi connectivity index (χ0v) is 15.3. The van der Waals surface area contributed by atoms with Crippen LogP contribution in [0.2, 0.25) is 10.0 Å². The van der Waals surface area contributed by atoms with Gasteiger partial charge in [0.15, 0.2) is 12.7 Å². The van der Waals surface area contributed by atoms with Crippen LogP contribution in [-0.4, -0.2) is 24.6 Å². The van der Waals surface area contributed by atoms with E-state index >= 15 is 0 Å². The highest BCUT2D eigenvalue weighted by Gasteiger charge is 2.19. The maximum atomic E-state index is 13.5. The third kappa shape index (κ3) is 5.89. The summed E-state index contributed by atoms with van der Waals surface area (Å²) >= 11 is 11.7. The number of rotatable bonds is 7. The molecule has 0 aliphatic carbocycles. The fourth-order valence-electron chi connectivity index (χ4n) is 1.95. The molecule has 0 heterocycles. The Morgan fingerprint density at radius 1 is 1.19 bits per heavy atom. The van der Waals surface area contributed by atoms with Gasteiger partial charge < -0.3 is 14.8 Å². The predicted octanol–water partition coefficient (Wildman–Crippen LogP) is 3.76. The summed E-state index contributed by atoms with van der Waals surface area (Å²) in [6, 6.07) is 10.6. The Kier molecular flexibility index (Phi) is 7.24. The Balaban J connectivity index is 1.78. The lowest BCUT2D eigenvalue weighted by atomic mass is 10.2. The molecule has 0 fully saturated rings. The minimum atomic E-state index is -0.979. The van der Waals surface area contributed by atoms with E-state index in [1.807, 2.05) is 0 Å². The summed E-state index contributed by atoms with van der Waals surface area (Å²) in [4.78, 5) is 23.6. The third-order valence-corrected chi connectivity index (χ3v) is 3.84. The number of carbonyl (C=O) groups excluding carboxylic acids is 2. The fraction of sp³-hybridized carbons (Fsp3) is 0.222. The van der Waals surface area contributed by atoms with Crippen molar-refractivity contribution < 1.29 is 23.5 Å². The molecule has 0 aliphatic heterocycles. The van der Waals surface area contributed by atoms with E-state index < -0.39 is 30.4 Å². The third-order valence-electron chi connectivity index (χ3n) is 3.31. The molecule has 1 atom stereocenters. The SMILES string of the molecule is C[C@@H](Oc1ccc(Cl)cc1Cl)C(=O)OCC(=O)NCc1ccccc1F. The van der Waals surface area contributed by atoms with Crippen LogP contribution in [0.4, 0.5) is 4.39 Å². The molecule has 1 amide bonds. The Labute approximate surface area is 160 Å². The highest BCUT2D eigenvalue weighted by atomic mass is 35.5. The second-order valence-corrected chi connectivity index (χ2v) is 6.15. The molecule has 26 heavy (non-hydrogen) atoms. The number of amides is 1.